The molecule has 3 aromatic rings. The van der Waals surface area contributed by atoms with Crippen LogP contribution in [0.4, 0.5) is 5.69 Å². The van der Waals surface area contributed by atoms with Crippen LogP contribution in [-0.4, -0.2) is 18.5 Å². The first-order chi connectivity index (χ1) is 17.5. The van der Waals surface area contributed by atoms with Gasteiger partial charge in [0, 0.05) is 11.6 Å². The maximum absolute atomic E-state index is 12.9. The van der Waals surface area contributed by atoms with Crippen LogP contribution in [0, 0.1) is 0 Å². The highest BCUT2D eigenvalue weighted by Gasteiger charge is 2.17. The summed E-state index contributed by atoms with van der Waals surface area (Å²) in [7, 11) is 0. The Hall–Kier alpha value is -3.41. The molecule has 0 unspecified atom stereocenters. The average molecular weight is 492 g/mol. The monoisotopic (exact) mass is 491 g/mol. The Morgan fingerprint density at radius 1 is 0.861 bits per heavy atom. The quantitative estimate of drug-likeness (QED) is 0.189. The van der Waals surface area contributed by atoms with Crippen molar-refractivity contribution in [2.75, 3.05) is 11.9 Å². The lowest BCUT2D eigenvalue weighted by molar-refractivity contribution is 0.0464. The number of amides is 1. The van der Waals surface area contributed by atoms with Gasteiger partial charge in [0.05, 0.1) is 17.7 Å². The Bertz CT molecular complexity index is 1200. The van der Waals surface area contributed by atoms with Gasteiger partial charge in [0.1, 0.15) is 0 Å². The summed E-state index contributed by atoms with van der Waals surface area (Å²) in [5, 5.41) is 3.10. The predicted octanol–water partition coefficient (Wildman–Crippen LogP) is 7.30. The normalized spacial score (nSPS) is 10.9. The summed E-state index contributed by atoms with van der Waals surface area (Å²) >= 11 is 0. The fourth-order valence-corrected chi connectivity index (χ4v) is 4.06. The molecule has 0 aliphatic carbocycles. The van der Waals surface area contributed by atoms with Gasteiger partial charge < -0.3 is 14.5 Å². The van der Waals surface area contributed by atoms with E-state index >= 15 is 0 Å². The van der Waals surface area contributed by atoms with Gasteiger partial charge in [-0.15, -0.1) is 0 Å². The molecule has 3 rings (SSSR count). The number of fused-ring (bicyclic) bond motifs is 1. The second-order valence-corrected chi connectivity index (χ2v) is 9.17. The van der Waals surface area contributed by atoms with Gasteiger partial charge in [-0.25, -0.2) is 4.79 Å². The molecular formula is C30H37NO5. The van der Waals surface area contributed by atoms with E-state index in [0.29, 0.717) is 11.3 Å². The highest BCUT2D eigenvalue weighted by Crippen LogP contribution is 2.23. The molecule has 0 saturated carbocycles. The van der Waals surface area contributed by atoms with E-state index in [-0.39, 0.29) is 34.7 Å². The summed E-state index contributed by atoms with van der Waals surface area (Å²) in [4.78, 5) is 37.8. The summed E-state index contributed by atoms with van der Waals surface area (Å²) < 4.78 is 10.9. The van der Waals surface area contributed by atoms with Gasteiger partial charge in [-0.3, -0.25) is 9.59 Å². The molecule has 1 aromatic heterocycles. The van der Waals surface area contributed by atoms with Crippen LogP contribution in [0.1, 0.15) is 98.1 Å². The fourth-order valence-electron chi connectivity index (χ4n) is 4.06. The zero-order chi connectivity index (χ0) is 25.8. The van der Waals surface area contributed by atoms with Gasteiger partial charge in [0.25, 0.3) is 5.91 Å². The Labute approximate surface area is 213 Å². The molecule has 0 aliphatic rings. The highest BCUT2D eigenvalue weighted by molar-refractivity contribution is 6.08. The van der Waals surface area contributed by atoms with Gasteiger partial charge >= 0.3 is 5.97 Å². The van der Waals surface area contributed by atoms with Gasteiger partial charge in [-0.1, -0.05) is 77.0 Å². The van der Waals surface area contributed by atoms with Crippen LogP contribution in [0.15, 0.2) is 57.7 Å². The molecule has 1 N–H and O–H groups in total. The standard InChI is InChI=1S/C30H37NO5/c1-3-5-7-8-9-10-11-13-22-16-18-23(19-17-22)29(33)31-25-15-12-14-24-26(32)21-27(36-28(24)25)30(34)35-20-6-4-2/h12,14-19,21H,3-11,13,20H2,1-2H3,(H,31,33). The number of esters is 1. The molecule has 0 atom stereocenters. The number of hydrogen-bond donors (Lipinski definition) is 1. The third-order valence-electron chi connectivity index (χ3n) is 6.22. The minimum atomic E-state index is -0.694. The van der Waals surface area contributed by atoms with Crippen molar-refractivity contribution >= 4 is 28.5 Å². The van der Waals surface area contributed by atoms with Crippen LogP contribution in [0.25, 0.3) is 11.0 Å². The molecule has 6 nitrogen and oxygen atoms in total. The molecule has 36 heavy (non-hydrogen) atoms. The third kappa shape index (κ3) is 7.80. The van der Waals surface area contributed by atoms with Crippen molar-refractivity contribution in [1.82, 2.24) is 0 Å². The first-order valence-corrected chi connectivity index (χ1v) is 13.2. The Balaban J connectivity index is 1.64. The SMILES string of the molecule is CCCCCCCCCc1ccc(C(=O)Nc2cccc3c(=O)cc(C(=O)OCCCC)oc23)cc1. The van der Waals surface area contributed by atoms with Crippen LogP contribution in [0.5, 0.6) is 0 Å². The average Bonchev–Trinajstić information content (AvgIpc) is 2.89. The second kappa shape index (κ2) is 14.2. The van der Waals surface area contributed by atoms with Crippen molar-refractivity contribution in [3.63, 3.8) is 0 Å². The molecule has 1 amide bonds. The summed E-state index contributed by atoms with van der Waals surface area (Å²) in [5.74, 6) is -1.19. The predicted molar refractivity (Wildman–Crippen MR) is 144 cm³/mol. The molecule has 192 valence electrons. The van der Waals surface area contributed by atoms with E-state index in [1.165, 1.54) is 44.1 Å². The Morgan fingerprint density at radius 2 is 1.56 bits per heavy atom. The van der Waals surface area contributed by atoms with Crippen molar-refractivity contribution in [1.29, 1.82) is 0 Å². The minimum absolute atomic E-state index is 0.149. The number of nitrogens with one attached hydrogen (secondary N) is 1. The number of rotatable bonds is 14. The van der Waals surface area contributed by atoms with E-state index in [2.05, 4.69) is 12.2 Å². The lowest BCUT2D eigenvalue weighted by atomic mass is 10.0. The maximum Gasteiger partial charge on any atom is 0.374 e. The molecular weight excluding hydrogens is 454 g/mol. The molecule has 1 heterocycles. The minimum Gasteiger partial charge on any atom is -0.460 e. The fraction of sp³-hybridized carbons (Fsp3) is 0.433. The van der Waals surface area contributed by atoms with Gasteiger partial charge in [-0.05, 0) is 49.1 Å². The Kier molecular flexibility index (Phi) is 10.7. The van der Waals surface area contributed by atoms with E-state index in [0.717, 1.165) is 31.7 Å². The molecule has 0 fully saturated rings. The lowest BCUT2D eigenvalue weighted by Crippen LogP contribution is -2.14. The summed E-state index contributed by atoms with van der Waals surface area (Å²) in [6.07, 6.45) is 11.5. The number of hydrogen-bond acceptors (Lipinski definition) is 5. The zero-order valence-electron chi connectivity index (χ0n) is 21.4. The van der Waals surface area contributed by atoms with Crippen molar-refractivity contribution in [2.45, 2.75) is 78.1 Å². The first kappa shape index (κ1) is 27.2. The molecule has 2 aromatic carbocycles. The lowest BCUT2D eigenvalue weighted by Gasteiger charge is -2.10. The number of ether oxygens (including phenoxy) is 1. The Morgan fingerprint density at radius 3 is 2.28 bits per heavy atom. The number of benzene rings is 2. The van der Waals surface area contributed by atoms with Crippen LogP contribution in [0.3, 0.4) is 0 Å². The number of unbranched alkanes of at least 4 members (excludes halogenated alkanes) is 7. The van der Waals surface area contributed by atoms with Crippen LogP contribution >= 0.6 is 0 Å². The van der Waals surface area contributed by atoms with Gasteiger partial charge in [0.15, 0.2) is 11.0 Å². The molecule has 6 heteroatoms. The van der Waals surface area contributed by atoms with Crippen molar-refractivity contribution in [2.24, 2.45) is 0 Å². The van der Waals surface area contributed by atoms with Crippen molar-refractivity contribution < 1.29 is 18.7 Å². The van der Waals surface area contributed by atoms with Crippen LogP contribution < -0.4 is 10.7 Å². The highest BCUT2D eigenvalue weighted by atomic mass is 16.5. The van der Waals surface area contributed by atoms with E-state index in [4.69, 9.17) is 9.15 Å². The topological polar surface area (TPSA) is 85.6 Å². The van der Waals surface area contributed by atoms with Crippen LogP contribution in [0.2, 0.25) is 0 Å². The number of para-hydroxylation sites is 1. The molecule has 0 radical (unpaired) electrons. The zero-order valence-corrected chi connectivity index (χ0v) is 21.4. The number of aryl methyl sites for hydroxylation is 1. The largest absolute Gasteiger partial charge is 0.460 e. The molecule has 0 bridgehead atoms. The van der Waals surface area contributed by atoms with Crippen LogP contribution in [-0.2, 0) is 11.2 Å². The van der Waals surface area contributed by atoms with Gasteiger partial charge in [0.2, 0.25) is 5.76 Å². The van der Waals surface area contributed by atoms with E-state index in [1.807, 2.05) is 31.2 Å². The molecule has 0 saturated heterocycles. The maximum atomic E-state index is 12.9. The number of carbonyl (C=O) groups is 2. The second-order valence-electron chi connectivity index (χ2n) is 9.17. The van der Waals surface area contributed by atoms with E-state index in [9.17, 15) is 14.4 Å². The van der Waals surface area contributed by atoms with Crippen molar-refractivity contribution in [3.8, 4) is 0 Å². The van der Waals surface area contributed by atoms with E-state index in [1.54, 1.807) is 18.2 Å². The summed E-state index contributed by atoms with van der Waals surface area (Å²) in [6, 6.07) is 13.6. The summed E-state index contributed by atoms with van der Waals surface area (Å²) in [5.41, 5.74) is 1.82. The smallest absolute Gasteiger partial charge is 0.374 e. The molecule has 0 spiro atoms. The number of carbonyl (C=O) groups excluding carboxylic acids is 2. The first-order valence-electron chi connectivity index (χ1n) is 13.2. The van der Waals surface area contributed by atoms with E-state index < -0.39 is 5.97 Å². The van der Waals surface area contributed by atoms with Gasteiger partial charge in [-0.2, -0.15) is 0 Å². The third-order valence-corrected chi connectivity index (χ3v) is 6.22. The molecule has 0 aliphatic heterocycles. The van der Waals surface area contributed by atoms with Crippen molar-refractivity contribution in [3.05, 3.63) is 75.6 Å². The summed E-state index contributed by atoms with van der Waals surface area (Å²) in [6.45, 7) is 4.47. The number of anilines is 1.